The summed E-state index contributed by atoms with van der Waals surface area (Å²) in [7, 11) is 0. The molecule has 1 aliphatic heterocycles. The number of fused-ring (bicyclic) bond motifs is 1. The Morgan fingerprint density at radius 2 is 1.86 bits per heavy atom. The molecule has 0 spiro atoms. The molecule has 1 aromatic heterocycles. The van der Waals surface area contributed by atoms with Gasteiger partial charge < -0.3 is 9.84 Å². The van der Waals surface area contributed by atoms with Crippen molar-refractivity contribution in [3.63, 3.8) is 0 Å². The van der Waals surface area contributed by atoms with Crippen molar-refractivity contribution in [3.8, 4) is 5.75 Å². The molecule has 1 N–H and O–H groups in total. The lowest BCUT2D eigenvalue weighted by molar-refractivity contribution is -0.132. The topological polar surface area (TPSA) is 79.7 Å². The van der Waals surface area contributed by atoms with E-state index in [-0.39, 0.29) is 11.3 Å². The van der Waals surface area contributed by atoms with Gasteiger partial charge in [-0.05, 0) is 66.1 Å². The molecule has 6 nitrogen and oxygen atoms in total. The number of carbonyl (C=O) groups is 2. The molecule has 0 bridgehead atoms. The Bertz CT molecular complexity index is 1540. The molecule has 0 radical (unpaired) electrons. The van der Waals surface area contributed by atoms with E-state index in [4.69, 9.17) is 16.3 Å². The normalized spacial score (nSPS) is 16.9. The summed E-state index contributed by atoms with van der Waals surface area (Å²) < 4.78 is 6.51. The van der Waals surface area contributed by atoms with E-state index >= 15 is 0 Å². The molecule has 2 heterocycles. The molecule has 186 valence electrons. The third kappa shape index (κ3) is 4.63. The van der Waals surface area contributed by atoms with E-state index in [1.807, 2.05) is 18.2 Å². The number of hydrogen-bond donors (Lipinski definition) is 1. The zero-order valence-corrected chi connectivity index (χ0v) is 21.6. The van der Waals surface area contributed by atoms with Crippen LogP contribution < -0.4 is 9.64 Å². The number of hydrogen-bond acceptors (Lipinski definition) is 6. The predicted octanol–water partition coefficient (Wildman–Crippen LogP) is 6.70. The fourth-order valence-electron chi connectivity index (χ4n) is 4.29. The van der Waals surface area contributed by atoms with Gasteiger partial charge in [-0.25, -0.2) is 4.98 Å². The van der Waals surface area contributed by atoms with Gasteiger partial charge in [0.2, 0.25) is 0 Å². The maximum Gasteiger partial charge on any atom is 0.301 e. The number of ether oxygens (including phenoxy) is 1. The lowest BCUT2D eigenvalue weighted by Gasteiger charge is -2.23. The van der Waals surface area contributed by atoms with Crippen molar-refractivity contribution in [1.82, 2.24) is 4.98 Å². The van der Waals surface area contributed by atoms with E-state index in [1.54, 1.807) is 54.6 Å². The van der Waals surface area contributed by atoms with E-state index < -0.39 is 17.7 Å². The zero-order valence-electron chi connectivity index (χ0n) is 20.0. The summed E-state index contributed by atoms with van der Waals surface area (Å²) in [6.07, 6.45) is 2.51. The van der Waals surface area contributed by atoms with Gasteiger partial charge in [0.1, 0.15) is 18.1 Å². The van der Waals surface area contributed by atoms with Crippen LogP contribution in [0.3, 0.4) is 0 Å². The van der Waals surface area contributed by atoms with Gasteiger partial charge in [-0.15, -0.1) is 0 Å². The summed E-state index contributed by atoms with van der Waals surface area (Å²) in [5, 5.41) is 12.1. The highest BCUT2D eigenvalue weighted by atomic mass is 35.5. The van der Waals surface area contributed by atoms with Gasteiger partial charge in [0.25, 0.3) is 5.78 Å². The minimum Gasteiger partial charge on any atom is -0.507 e. The largest absolute Gasteiger partial charge is 0.507 e. The summed E-state index contributed by atoms with van der Waals surface area (Å²) in [6, 6.07) is 18.6. The number of anilines is 1. The maximum atomic E-state index is 13.4. The van der Waals surface area contributed by atoms with Crippen molar-refractivity contribution >= 4 is 55.7 Å². The highest BCUT2D eigenvalue weighted by Crippen LogP contribution is 2.44. The number of ketones is 1. The number of halogens is 1. The van der Waals surface area contributed by atoms with Crippen molar-refractivity contribution in [3.05, 3.63) is 107 Å². The minimum atomic E-state index is -0.879. The van der Waals surface area contributed by atoms with Crippen LogP contribution in [0.5, 0.6) is 5.75 Å². The number of nitrogens with zero attached hydrogens (tertiary/aromatic N) is 2. The SMILES string of the molecule is C=CCOc1ccc([C@@H]2/C(=C(\O)c3ccc(Cl)cc3)C(=O)C(=O)N2c2nc3ccc(CC)cc3s2)cc1. The molecule has 0 saturated carbocycles. The highest BCUT2D eigenvalue weighted by Gasteiger charge is 2.48. The Hall–Kier alpha value is -3.94. The second kappa shape index (κ2) is 10.2. The van der Waals surface area contributed by atoms with Crippen LogP contribution in [0.25, 0.3) is 16.0 Å². The number of rotatable bonds is 7. The van der Waals surface area contributed by atoms with Crippen LogP contribution in [0.4, 0.5) is 5.13 Å². The average Bonchev–Trinajstić information content (AvgIpc) is 3.45. The number of aliphatic hydroxyl groups is 1. The first-order valence-electron chi connectivity index (χ1n) is 11.7. The average molecular weight is 531 g/mol. The molecule has 1 saturated heterocycles. The number of carbonyl (C=O) groups excluding carboxylic acids is 2. The van der Waals surface area contributed by atoms with Crippen LogP contribution in [0.1, 0.15) is 29.7 Å². The fourth-order valence-corrected chi connectivity index (χ4v) is 5.47. The van der Waals surface area contributed by atoms with Crippen LogP contribution in [-0.4, -0.2) is 28.4 Å². The number of aryl methyl sites for hydroxylation is 1. The van der Waals surface area contributed by atoms with Crippen LogP contribution in [-0.2, 0) is 16.0 Å². The molecule has 3 aromatic carbocycles. The highest BCUT2D eigenvalue weighted by molar-refractivity contribution is 7.22. The quantitative estimate of drug-likeness (QED) is 0.124. The number of amides is 1. The minimum absolute atomic E-state index is 0.0133. The molecule has 0 aliphatic carbocycles. The van der Waals surface area contributed by atoms with Crippen LogP contribution in [0, 0.1) is 0 Å². The number of aliphatic hydroxyl groups excluding tert-OH is 1. The Kier molecular flexibility index (Phi) is 6.82. The number of aromatic nitrogens is 1. The number of thiazole rings is 1. The lowest BCUT2D eigenvalue weighted by atomic mass is 9.95. The fraction of sp³-hybridized carbons (Fsp3) is 0.138. The van der Waals surface area contributed by atoms with Crippen molar-refractivity contribution in [2.75, 3.05) is 11.5 Å². The maximum absolute atomic E-state index is 13.4. The van der Waals surface area contributed by atoms with E-state index in [9.17, 15) is 14.7 Å². The molecular formula is C29H23ClN2O4S. The summed E-state index contributed by atoms with van der Waals surface area (Å²) in [4.78, 5) is 32.9. The summed E-state index contributed by atoms with van der Waals surface area (Å²) in [5.41, 5.74) is 2.90. The summed E-state index contributed by atoms with van der Waals surface area (Å²) >= 11 is 7.35. The van der Waals surface area contributed by atoms with Gasteiger partial charge in [-0.1, -0.05) is 60.7 Å². The third-order valence-corrected chi connectivity index (χ3v) is 7.45. The molecule has 1 amide bonds. The van der Waals surface area contributed by atoms with Gasteiger partial charge in [0, 0.05) is 10.6 Å². The zero-order chi connectivity index (χ0) is 26.1. The summed E-state index contributed by atoms with van der Waals surface area (Å²) in [5.74, 6) is -1.19. The van der Waals surface area contributed by atoms with Crippen molar-refractivity contribution in [2.45, 2.75) is 19.4 Å². The van der Waals surface area contributed by atoms with Crippen LogP contribution in [0.2, 0.25) is 5.02 Å². The molecule has 1 aliphatic rings. The molecule has 5 rings (SSSR count). The first-order chi connectivity index (χ1) is 17.9. The van der Waals surface area contributed by atoms with E-state index in [2.05, 4.69) is 18.5 Å². The Balaban J connectivity index is 1.67. The first-order valence-corrected chi connectivity index (χ1v) is 12.9. The lowest BCUT2D eigenvalue weighted by Crippen LogP contribution is -2.29. The van der Waals surface area contributed by atoms with Gasteiger partial charge in [0.15, 0.2) is 5.13 Å². The smallest absolute Gasteiger partial charge is 0.301 e. The predicted molar refractivity (Wildman–Crippen MR) is 147 cm³/mol. The third-order valence-electron chi connectivity index (χ3n) is 6.18. The van der Waals surface area contributed by atoms with Crippen molar-refractivity contribution in [2.24, 2.45) is 0 Å². The van der Waals surface area contributed by atoms with Crippen LogP contribution >= 0.6 is 22.9 Å². The Morgan fingerprint density at radius 1 is 1.14 bits per heavy atom. The molecule has 1 fully saturated rings. The summed E-state index contributed by atoms with van der Waals surface area (Å²) in [6.45, 7) is 6.07. The van der Waals surface area contributed by atoms with Crippen molar-refractivity contribution in [1.29, 1.82) is 0 Å². The second-order valence-corrected chi connectivity index (χ2v) is 9.94. The Labute approximate surface area is 223 Å². The monoisotopic (exact) mass is 530 g/mol. The molecule has 4 aromatic rings. The van der Waals surface area contributed by atoms with Gasteiger partial charge in [0.05, 0.1) is 21.8 Å². The molecule has 1 atom stereocenters. The van der Waals surface area contributed by atoms with Crippen molar-refractivity contribution < 1.29 is 19.4 Å². The molecule has 37 heavy (non-hydrogen) atoms. The second-order valence-electron chi connectivity index (χ2n) is 8.50. The van der Waals surface area contributed by atoms with Crippen LogP contribution in [0.15, 0.2) is 85.0 Å². The van der Waals surface area contributed by atoms with E-state index in [0.717, 1.165) is 22.2 Å². The molecule has 0 unspecified atom stereocenters. The van der Waals surface area contributed by atoms with Gasteiger partial charge in [-0.3, -0.25) is 14.5 Å². The number of benzene rings is 3. The molecule has 8 heteroatoms. The van der Waals surface area contributed by atoms with E-state index in [1.165, 1.54) is 16.2 Å². The van der Waals surface area contributed by atoms with E-state index in [0.29, 0.717) is 33.6 Å². The molecular weight excluding hydrogens is 508 g/mol. The number of Topliss-reactive ketones (excluding diaryl/α,β-unsaturated/α-hetero) is 1. The Morgan fingerprint density at radius 3 is 2.54 bits per heavy atom. The first kappa shape index (κ1) is 24.7. The van der Waals surface area contributed by atoms with Gasteiger partial charge >= 0.3 is 5.91 Å². The van der Waals surface area contributed by atoms with Gasteiger partial charge in [-0.2, -0.15) is 0 Å². The standard InChI is InChI=1S/C29H23ClN2O4S/c1-3-15-36-21-12-8-18(9-13-21)25-24(26(33)19-6-10-20(30)11-7-19)27(34)28(35)32(25)29-31-22-14-5-17(4-2)16-23(22)37-29/h3,5-14,16,25,33H,1,4,15H2,2H3/b26-24+/t25-/m1/s1.